The molecule has 0 aliphatic heterocycles. The minimum absolute atomic E-state index is 0.620. The molecule has 0 spiro atoms. The summed E-state index contributed by atoms with van der Waals surface area (Å²) in [7, 11) is 1.88. The second-order valence-corrected chi connectivity index (χ2v) is 6.47. The van der Waals surface area contributed by atoms with Crippen molar-refractivity contribution >= 4 is 33.6 Å². The molecule has 0 unspecified atom stereocenters. The van der Waals surface area contributed by atoms with Crippen molar-refractivity contribution in [2.45, 2.75) is 5.03 Å². The largest absolute Gasteiger partial charge is 0.493 e. The Morgan fingerprint density at radius 1 is 1.08 bits per heavy atom. The molecule has 0 fully saturated rings. The lowest BCUT2D eigenvalue weighted by atomic mass is 10.1. The molecule has 0 bridgehead atoms. The van der Waals surface area contributed by atoms with Crippen LogP contribution in [0.3, 0.4) is 0 Å². The summed E-state index contributed by atoms with van der Waals surface area (Å²) < 4.78 is 7.62. The third-order valence-electron chi connectivity index (χ3n) is 3.80. The van der Waals surface area contributed by atoms with Crippen LogP contribution in [-0.4, -0.2) is 32.1 Å². The van der Waals surface area contributed by atoms with E-state index in [0.29, 0.717) is 6.61 Å². The van der Waals surface area contributed by atoms with Crippen LogP contribution in [0.5, 0.6) is 5.75 Å². The number of aryl methyl sites for hydroxylation is 1. The summed E-state index contributed by atoms with van der Waals surface area (Å²) in [5, 5.41) is 8.56. The second-order valence-electron chi connectivity index (χ2n) is 5.39. The van der Waals surface area contributed by atoms with Gasteiger partial charge in [-0.15, -0.1) is 11.8 Å². The van der Waals surface area contributed by atoms with Crippen LogP contribution in [0, 0.1) is 0 Å². The van der Waals surface area contributed by atoms with Gasteiger partial charge in [-0.3, -0.25) is 4.68 Å². The molecule has 0 atom stereocenters. The number of thioether (sulfide) groups is 1. The summed E-state index contributed by atoms with van der Waals surface area (Å²) in [5.74, 6) is 1.71. The van der Waals surface area contributed by atoms with Crippen molar-refractivity contribution in [3.63, 3.8) is 0 Å². The molecule has 0 saturated carbocycles. The maximum Gasteiger partial charge on any atom is 0.162 e. The van der Waals surface area contributed by atoms with Crippen LogP contribution in [0.15, 0.2) is 60.0 Å². The van der Waals surface area contributed by atoms with Gasteiger partial charge in [0.25, 0.3) is 0 Å². The van der Waals surface area contributed by atoms with Crippen molar-refractivity contribution in [2.75, 3.05) is 12.4 Å². The van der Waals surface area contributed by atoms with E-state index >= 15 is 0 Å². The first-order chi connectivity index (χ1) is 11.8. The topological polar surface area (TPSA) is 52.8 Å². The number of hydrogen-bond donors (Lipinski definition) is 0. The molecule has 0 aliphatic rings. The van der Waals surface area contributed by atoms with E-state index in [4.69, 9.17) is 4.74 Å². The molecule has 24 heavy (non-hydrogen) atoms. The summed E-state index contributed by atoms with van der Waals surface area (Å²) in [6.07, 6.45) is 3.39. The first kappa shape index (κ1) is 15.0. The van der Waals surface area contributed by atoms with Gasteiger partial charge in [0.15, 0.2) is 5.65 Å². The highest BCUT2D eigenvalue weighted by Gasteiger charge is 2.08. The van der Waals surface area contributed by atoms with Crippen LogP contribution in [-0.2, 0) is 7.05 Å². The molecule has 5 nitrogen and oxygen atoms in total. The molecule has 120 valence electrons. The van der Waals surface area contributed by atoms with Gasteiger partial charge in [-0.2, -0.15) is 5.10 Å². The van der Waals surface area contributed by atoms with Crippen LogP contribution in [0.1, 0.15) is 0 Å². The van der Waals surface area contributed by atoms with E-state index in [0.717, 1.165) is 27.6 Å². The maximum atomic E-state index is 5.87. The average molecular weight is 336 g/mol. The predicted octanol–water partition coefficient (Wildman–Crippen LogP) is 3.69. The summed E-state index contributed by atoms with van der Waals surface area (Å²) in [4.78, 5) is 8.60. The highest BCUT2D eigenvalue weighted by Crippen LogP contribution is 2.24. The second kappa shape index (κ2) is 6.49. The molecule has 6 heteroatoms. The van der Waals surface area contributed by atoms with Gasteiger partial charge in [-0.25, -0.2) is 9.97 Å². The Hall–Kier alpha value is -2.60. The predicted molar refractivity (Wildman–Crippen MR) is 96.5 cm³/mol. The maximum absolute atomic E-state index is 5.87. The molecule has 2 heterocycles. The smallest absolute Gasteiger partial charge is 0.162 e. The number of hydrogen-bond acceptors (Lipinski definition) is 5. The van der Waals surface area contributed by atoms with Crippen molar-refractivity contribution in [3.05, 3.63) is 55.0 Å². The molecule has 0 aliphatic carbocycles. The number of fused-ring (bicyclic) bond motifs is 2. The normalized spacial score (nSPS) is 11.2. The van der Waals surface area contributed by atoms with Gasteiger partial charge in [0.2, 0.25) is 0 Å². The summed E-state index contributed by atoms with van der Waals surface area (Å²) >= 11 is 1.66. The number of ether oxygens (including phenoxy) is 1. The molecule has 0 radical (unpaired) electrons. The highest BCUT2D eigenvalue weighted by molar-refractivity contribution is 7.99. The summed E-state index contributed by atoms with van der Waals surface area (Å²) in [6, 6.07) is 14.4. The standard InChI is InChI=1S/C18H16N4OS/c1-22-17-16(11-21-22)18(20-12-19-17)24-9-8-23-15-7-6-13-4-2-3-5-14(13)10-15/h2-7,10-12H,8-9H2,1H3. The SMILES string of the molecule is Cn1ncc2c(SCCOc3ccc4ccccc4c3)ncnc21. The monoisotopic (exact) mass is 336 g/mol. The van der Waals surface area contributed by atoms with Crippen molar-refractivity contribution < 1.29 is 4.74 Å². The van der Waals surface area contributed by atoms with Crippen LogP contribution in [0.25, 0.3) is 21.8 Å². The zero-order chi connectivity index (χ0) is 16.4. The van der Waals surface area contributed by atoms with E-state index in [1.807, 2.05) is 31.4 Å². The minimum Gasteiger partial charge on any atom is -0.493 e. The zero-order valence-electron chi connectivity index (χ0n) is 13.2. The Kier molecular flexibility index (Phi) is 4.04. The Balaban J connectivity index is 1.40. The molecule has 0 saturated heterocycles. The Morgan fingerprint density at radius 3 is 2.88 bits per heavy atom. The van der Waals surface area contributed by atoms with Crippen LogP contribution >= 0.6 is 11.8 Å². The first-order valence-electron chi connectivity index (χ1n) is 7.68. The lowest BCUT2D eigenvalue weighted by molar-refractivity contribution is 0.344. The fourth-order valence-electron chi connectivity index (χ4n) is 2.61. The number of nitrogens with zero attached hydrogens (tertiary/aromatic N) is 4. The van der Waals surface area contributed by atoms with Gasteiger partial charge in [-0.05, 0) is 22.9 Å². The number of benzene rings is 2. The molecule has 4 rings (SSSR count). The molecule has 0 amide bonds. The van der Waals surface area contributed by atoms with E-state index in [9.17, 15) is 0 Å². The lowest BCUT2D eigenvalue weighted by Crippen LogP contribution is -2.00. The van der Waals surface area contributed by atoms with Gasteiger partial charge in [0.1, 0.15) is 17.1 Å². The fraction of sp³-hybridized carbons (Fsp3) is 0.167. The molecule has 2 aromatic heterocycles. The molecule has 0 N–H and O–H groups in total. The molecular weight excluding hydrogens is 320 g/mol. The van der Waals surface area contributed by atoms with Crippen LogP contribution in [0.4, 0.5) is 0 Å². The minimum atomic E-state index is 0.620. The quantitative estimate of drug-likeness (QED) is 0.316. The summed E-state index contributed by atoms with van der Waals surface area (Å²) in [5.41, 5.74) is 0.850. The van der Waals surface area contributed by atoms with Crippen LogP contribution < -0.4 is 4.74 Å². The Labute approximate surface area is 143 Å². The van der Waals surface area contributed by atoms with E-state index in [1.54, 1.807) is 22.8 Å². The molecule has 2 aromatic carbocycles. The van der Waals surface area contributed by atoms with E-state index in [1.165, 1.54) is 10.8 Å². The van der Waals surface area contributed by atoms with Crippen molar-refractivity contribution in [1.82, 2.24) is 19.7 Å². The van der Waals surface area contributed by atoms with Gasteiger partial charge < -0.3 is 4.74 Å². The van der Waals surface area contributed by atoms with E-state index in [2.05, 4.69) is 39.3 Å². The third-order valence-corrected chi connectivity index (χ3v) is 4.77. The molecule has 4 aromatic rings. The highest BCUT2D eigenvalue weighted by atomic mass is 32.2. The lowest BCUT2D eigenvalue weighted by Gasteiger charge is -2.07. The van der Waals surface area contributed by atoms with Crippen molar-refractivity contribution in [2.24, 2.45) is 7.05 Å². The van der Waals surface area contributed by atoms with Gasteiger partial charge in [0, 0.05) is 12.8 Å². The number of rotatable bonds is 5. The van der Waals surface area contributed by atoms with Gasteiger partial charge >= 0.3 is 0 Å². The van der Waals surface area contributed by atoms with Gasteiger partial charge in [-0.1, -0.05) is 30.3 Å². The Bertz CT molecular complexity index is 999. The average Bonchev–Trinajstić information content (AvgIpc) is 3.01. The number of aromatic nitrogens is 4. The zero-order valence-corrected chi connectivity index (χ0v) is 14.0. The Morgan fingerprint density at radius 2 is 1.96 bits per heavy atom. The summed E-state index contributed by atoms with van der Waals surface area (Å²) in [6.45, 7) is 0.620. The first-order valence-corrected chi connectivity index (χ1v) is 8.67. The van der Waals surface area contributed by atoms with Crippen molar-refractivity contribution in [1.29, 1.82) is 0 Å². The fourth-order valence-corrected chi connectivity index (χ4v) is 3.39. The van der Waals surface area contributed by atoms with Crippen LogP contribution in [0.2, 0.25) is 0 Å². The third kappa shape index (κ3) is 2.92. The van der Waals surface area contributed by atoms with E-state index < -0.39 is 0 Å². The molecular formula is C18H16N4OS. The van der Waals surface area contributed by atoms with Gasteiger partial charge in [0.05, 0.1) is 18.2 Å². The van der Waals surface area contributed by atoms with Crippen molar-refractivity contribution in [3.8, 4) is 5.75 Å². The van der Waals surface area contributed by atoms with E-state index in [-0.39, 0.29) is 0 Å².